The summed E-state index contributed by atoms with van der Waals surface area (Å²) >= 11 is 1.49. The van der Waals surface area contributed by atoms with E-state index in [9.17, 15) is 9.59 Å². The van der Waals surface area contributed by atoms with E-state index in [0.717, 1.165) is 43.4 Å². The lowest BCUT2D eigenvalue weighted by molar-refractivity contribution is -0.111. The highest BCUT2D eigenvalue weighted by Crippen LogP contribution is 2.38. The molecule has 0 bridgehead atoms. The van der Waals surface area contributed by atoms with Crippen LogP contribution in [0.1, 0.15) is 58.5 Å². The van der Waals surface area contributed by atoms with Crippen molar-refractivity contribution in [3.63, 3.8) is 0 Å². The monoisotopic (exact) mass is 373 g/mol. The van der Waals surface area contributed by atoms with Crippen molar-refractivity contribution < 1.29 is 18.7 Å². The molecule has 6 heteroatoms. The highest BCUT2D eigenvalue weighted by molar-refractivity contribution is 7.17. The molecule has 1 aliphatic rings. The minimum Gasteiger partial charge on any atom is -0.462 e. The third-order valence-electron chi connectivity index (χ3n) is 4.21. The number of anilines is 1. The Morgan fingerprint density at radius 2 is 2.12 bits per heavy atom. The van der Waals surface area contributed by atoms with Crippen LogP contribution in [0.15, 0.2) is 22.6 Å². The first-order chi connectivity index (χ1) is 12.6. The lowest BCUT2D eigenvalue weighted by Crippen LogP contribution is -2.14. The van der Waals surface area contributed by atoms with Gasteiger partial charge in [0.25, 0.3) is 0 Å². The normalized spacial score (nSPS) is 13.6. The quantitative estimate of drug-likeness (QED) is 0.586. The molecule has 1 aliphatic carbocycles. The van der Waals surface area contributed by atoms with Gasteiger partial charge in [-0.15, -0.1) is 11.3 Å². The van der Waals surface area contributed by atoms with Gasteiger partial charge in [-0.1, -0.05) is 6.92 Å². The first-order valence-corrected chi connectivity index (χ1v) is 9.77. The number of ether oxygens (including phenoxy) is 1. The molecular weight excluding hydrogens is 350 g/mol. The standard InChI is InChI=1S/C20H23NO4S/c1-3-12-24-20(23)18-15-6-4-5-7-16(15)26-19(18)21-17(22)11-10-14-9-8-13(2)25-14/h8-11H,3-7,12H2,1-2H3,(H,21,22)/b11-10+. The predicted octanol–water partition coefficient (Wildman–Crippen LogP) is 4.75. The Kier molecular flexibility index (Phi) is 5.93. The maximum absolute atomic E-state index is 12.5. The van der Waals surface area contributed by atoms with Gasteiger partial charge in [0.2, 0.25) is 5.91 Å². The fourth-order valence-corrected chi connectivity index (χ4v) is 4.27. The molecule has 1 N–H and O–H groups in total. The molecule has 138 valence electrons. The number of carbonyl (C=O) groups excluding carboxylic acids is 2. The summed E-state index contributed by atoms with van der Waals surface area (Å²) in [5.41, 5.74) is 1.58. The average molecular weight is 373 g/mol. The molecule has 3 rings (SSSR count). The number of aryl methyl sites for hydroxylation is 2. The molecule has 0 saturated heterocycles. The zero-order chi connectivity index (χ0) is 18.5. The Balaban J connectivity index is 1.79. The van der Waals surface area contributed by atoms with E-state index in [1.54, 1.807) is 12.1 Å². The van der Waals surface area contributed by atoms with Crippen LogP contribution in [0, 0.1) is 6.92 Å². The van der Waals surface area contributed by atoms with Gasteiger partial charge in [0.1, 0.15) is 16.5 Å². The minimum atomic E-state index is -0.341. The van der Waals surface area contributed by atoms with Gasteiger partial charge in [0.05, 0.1) is 12.2 Å². The van der Waals surface area contributed by atoms with Gasteiger partial charge in [-0.3, -0.25) is 4.79 Å². The maximum atomic E-state index is 12.5. The number of fused-ring (bicyclic) bond motifs is 1. The molecule has 2 aromatic heterocycles. The minimum absolute atomic E-state index is 0.290. The van der Waals surface area contributed by atoms with Crippen molar-refractivity contribution in [1.29, 1.82) is 0 Å². The number of rotatable bonds is 6. The summed E-state index contributed by atoms with van der Waals surface area (Å²) in [5, 5.41) is 3.44. The van der Waals surface area contributed by atoms with E-state index in [-0.39, 0.29) is 11.9 Å². The van der Waals surface area contributed by atoms with Gasteiger partial charge >= 0.3 is 5.97 Å². The summed E-state index contributed by atoms with van der Waals surface area (Å²) in [6, 6.07) is 3.64. The van der Waals surface area contributed by atoms with Gasteiger partial charge in [-0.05, 0) is 62.8 Å². The van der Waals surface area contributed by atoms with Crippen LogP contribution in [0.3, 0.4) is 0 Å². The van der Waals surface area contributed by atoms with Crippen molar-refractivity contribution >= 4 is 34.3 Å². The predicted molar refractivity (Wildman–Crippen MR) is 103 cm³/mol. The van der Waals surface area contributed by atoms with Crippen LogP contribution >= 0.6 is 11.3 Å². The Hall–Kier alpha value is -2.34. The number of nitrogens with one attached hydrogen (secondary N) is 1. The van der Waals surface area contributed by atoms with Crippen molar-refractivity contribution in [1.82, 2.24) is 0 Å². The van der Waals surface area contributed by atoms with Gasteiger partial charge < -0.3 is 14.5 Å². The van der Waals surface area contributed by atoms with Crippen LogP contribution in [-0.4, -0.2) is 18.5 Å². The second-order valence-electron chi connectivity index (χ2n) is 6.32. The van der Waals surface area contributed by atoms with Crippen molar-refractivity contribution in [2.24, 2.45) is 0 Å². The van der Waals surface area contributed by atoms with Crippen LogP contribution in [0.25, 0.3) is 6.08 Å². The lowest BCUT2D eigenvalue weighted by atomic mass is 9.95. The Bertz CT molecular complexity index is 831. The van der Waals surface area contributed by atoms with E-state index in [2.05, 4.69) is 5.32 Å². The molecule has 0 spiro atoms. The third-order valence-corrected chi connectivity index (χ3v) is 5.42. The molecule has 2 aromatic rings. The van der Waals surface area contributed by atoms with E-state index in [4.69, 9.17) is 9.15 Å². The van der Waals surface area contributed by atoms with Crippen molar-refractivity contribution in [3.8, 4) is 0 Å². The topological polar surface area (TPSA) is 68.5 Å². The fourth-order valence-electron chi connectivity index (χ4n) is 2.99. The molecule has 2 heterocycles. The van der Waals surface area contributed by atoms with E-state index in [1.807, 2.05) is 19.9 Å². The largest absolute Gasteiger partial charge is 0.462 e. The summed E-state index contributed by atoms with van der Waals surface area (Å²) in [6.07, 6.45) is 7.78. The molecule has 0 atom stereocenters. The van der Waals surface area contributed by atoms with Crippen molar-refractivity contribution in [2.75, 3.05) is 11.9 Å². The molecule has 0 saturated carbocycles. The first-order valence-electron chi connectivity index (χ1n) is 8.95. The zero-order valence-electron chi connectivity index (χ0n) is 15.1. The molecule has 0 radical (unpaired) electrons. The van der Waals surface area contributed by atoms with Gasteiger partial charge in [-0.2, -0.15) is 0 Å². The number of furan rings is 1. The summed E-state index contributed by atoms with van der Waals surface area (Å²) < 4.78 is 10.8. The number of amides is 1. The summed E-state index contributed by atoms with van der Waals surface area (Å²) in [4.78, 5) is 26.0. The van der Waals surface area contributed by atoms with Gasteiger partial charge in [0, 0.05) is 11.0 Å². The van der Waals surface area contributed by atoms with E-state index < -0.39 is 0 Å². The van der Waals surface area contributed by atoms with E-state index >= 15 is 0 Å². The number of hydrogen-bond donors (Lipinski definition) is 1. The molecule has 26 heavy (non-hydrogen) atoms. The Morgan fingerprint density at radius 3 is 2.85 bits per heavy atom. The van der Waals surface area contributed by atoms with Crippen molar-refractivity contribution in [3.05, 3.63) is 45.7 Å². The number of carbonyl (C=O) groups is 2. The van der Waals surface area contributed by atoms with Crippen LogP contribution < -0.4 is 5.32 Å². The summed E-state index contributed by atoms with van der Waals surface area (Å²) in [6.45, 7) is 4.19. The van der Waals surface area contributed by atoms with Crippen LogP contribution in [-0.2, 0) is 22.4 Å². The number of thiophene rings is 1. The third kappa shape index (κ3) is 4.25. The highest BCUT2D eigenvalue weighted by Gasteiger charge is 2.27. The average Bonchev–Trinajstić information content (AvgIpc) is 3.20. The lowest BCUT2D eigenvalue weighted by Gasteiger charge is -2.12. The van der Waals surface area contributed by atoms with E-state index in [1.165, 1.54) is 22.3 Å². The smallest absolute Gasteiger partial charge is 0.341 e. The molecular formula is C20H23NO4S. The van der Waals surface area contributed by atoms with Crippen molar-refractivity contribution in [2.45, 2.75) is 46.0 Å². The second kappa shape index (κ2) is 8.36. The van der Waals surface area contributed by atoms with Crippen LogP contribution in [0.5, 0.6) is 0 Å². The Labute approximate surface area is 157 Å². The van der Waals surface area contributed by atoms with Crippen LogP contribution in [0.2, 0.25) is 0 Å². The summed E-state index contributed by atoms with van der Waals surface area (Å²) in [5.74, 6) is 0.775. The Morgan fingerprint density at radius 1 is 1.31 bits per heavy atom. The molecule has 0 fully saturated rings. The van der Waals surface area contributed by atoms with Gasteiger partial charge in [-0.25, -0.2) is 4.79 Å². The second-order valence-corrected chi connectivity index (χ2v) is 7.43. The first kappa shape index (κ1) is 18.5. The van der Waals surface area contributed by atoms with E-state index in [0.29, 0.717) is 22.9 Å². The SMILES string of the molecule is CCCOC(=O)c1c(NC(=O)/C=C/c2ccc(C)o2)sc2c1CCCC2. The zero-order valence-corrected chi connectivity index (χ0v) is 15.9. The molecule has 0 unspecified atom stereocenters. The van der Waals surface area contributed by atoms with Crippen LogP contribution in [0.4, 0.5) is 5.00 Å². The molecule has 0 aliphatic heterocycles. The number of hydrogen-bond acceptors (Lipinski definition) is 5. The fraction of sp³-hybridized carbons (Fsp3) is 0.400. The number of esters is 1. The molecule has 5 nitrogen and oxygen atoms in total. The molecule has 0 aromatic carbocycles. The molecule has 1 amide bonds. The maximum Gasteiger partial charge on any atom is 0.341 e. The highest BCUT2D eigenvalue weighted by atomic mass is 32.1. The summed E-state index contributed by atoms with van der Waals surface area (Å²) in [7, 11) is 0. The van der Waals surface area contributed by atoms with Gasteiger partial charge in [0.15, 0.2) is 0 Å².